The molecule has 0 bridgehead atoms. The van der Waals surface area contributed by atoms with Crippen LogP contribution >= 0.6 is 0 Å². The third-order valence-electron chi connectivity index (χ3n) is 0.898. The second-order valence-electron chi connectivity index (χ2n) is 1.59. The van der Waals surface area contributed by atoms with Crippen molar-refractivity contribution in [3.63, 3.8) is 0 Å². The molecule has 1 N–H and O–H groups in total. The lowest BCUT2D eigenvalue weighted by Crippen LogP contribution is -2.27. The molecule has 0 aromatic rings. The number of nitrogens with one attached hydrogen (secondary N) is 1. The van der Waals surface area contributed by atoms with Gasteiger partial charge in [0, 0.05) is 6.54 Å². The minimum Gasteiger partial charge on any atom is -0.301 e. The van der Waals surface area contributed by atoms with Crippen molar-refractivity contribution in [3.05, 3.63) is 25.3 Å². The van der Waals surface area contributed by atoms with Crippen LogP contribution in [-0.2, 0) is 4.79 Å². The van der Waals surface area contributed by atoms with Crippen molar-refractivity contribution >= 4 is 6.29 Å². The summed E-state index contributed by atoms with van der Waals surface area (Å²) in [6, 6.07) is -0.233. The molecule has 0 aliphatic heterocycles. The van der Waals surface area contributed by atoms with Gasteiger partial charge in [-0.1, -0.05) is 12.2 Å². The Morgan fingerprint density at radius 3 is 2.56 bits per heavy atom. The van der Waals surface area contributed by atoms with Crippen LogP contribution in [0.15, 0.2) is 25.3 Å². The molecule has 0 radical (unpaired) electrons. The van der Waals surface area contributed by atoms with Crippen molar-refractivity contribution < 1.29 is 4.79 Å². The van der Waals surface area contributed by atoms with Crippen LogP contribution in [0.3, 0.4) is 0 Å². The summed E-state index contributed by atoms with van der Waals surface area (Å²) in [6.07, 6.45) is 4.05. The van der Waals surface area contributed by atoms with E-state index in [1.54, 1.807) is 12.2 Å². The molecule has 0 spiro atoms. The van der Waals surface area contributed by atoms with E-state index in [2.05, 4.69) is 18.5 Å². The van der Waals surface area contributed by atoms with Crippen molar-refractivity contribution in [3.8, 4) is 0 Å². The largest absolute Gasteiger partial charge is 0.301 e. The maximum absolute atomic E-state index is 10.1. The van der Waals surface area contributed by atoms with Crippen LogP contribution in [0.25, 0.3) is 0 Å². The van der Waals surface area contributed by atoms with Crippen LogP contribution in [0, 0.1) is 0 Å². The highest BCUT2D eigenvalue weighted by atomic mass is 16.1. The zero-order valence-electron chi connectivity index (χ0n) is 5.34. The summed E-state index contributed by atoms with van der Waals surface area (Å²) in [5.41, 5.74) is 0. The maximum Gasteiger partial charge on any atom is 0.140 e. The summed E-state index contributed by atoms with van der Waals surface area (Å²) in [5, 5.41) is 2.86. The lowest BCUT2D eigenvalue weighted by Gasteiger charge is -2.02. The molecule has 0 aliphatic rings. The molecule has 1 unspecified atom stereocenters. The fourth-order valence-corrected chi connectivity index (χ4v) is 0.406. The molecule has 2 nitrogen and oxygen atoms in total. The van der Waals surface area contributed by atoms with Gasteiger partial charge < -0.3 is 10.1 Å². The van der Waals surface area contributed by atoms with Gasteiger partial charge in [-0.3, -0.25) is 0 Å². The van der Waals surface area contributed by atoms with Gasteiger partial charge in [0.2, 0.25) is 0 Å². The minimum absolute atomic E-state index is 0.233. The summed E-state index contributed by atoms with van der Waals surface area (Å²) >= 11 is 0. The molecule has 0 aromatic heterocycles. The predicted octanol–water partition coefficient (Wildman–Crippen LogP) is 0.515. The second kappa shape index (κ2) is 5.25. The van der Waals surface area contributed by atoms with E-state index in [0.29, 0.717) is 6.54 Å². The molecule has 0 aliphatic carbocycles. The van der Waals surface area contributed by atoms with E-state index in [1.165, 1.54) is 0 Å². The zero-order valence-corrected chi connectivity index (χ0v) is 5.34. The molecule has 0 aromatic carbocycles. The SMILES string of the molecule is C=C[14CH2]NC(C=C)C=O. The summed E-state index contributed by atoms with van der Waals surface area (Å²) in [5.74, 6) is 0. The van der Waals surface area contributed by atoms with Crippen molar-refractivity contribution in [1.82, 2.24) is 5.32 Å². The van der Waals surface area contributed by atoms with Crippen LogP contribution in [0.2, 0.25) is 0 Å². The predicted molar refractivity (Wildman–Crippen MR) is 38.2 cm³/mol. The highest BCUT2D eigenvalue weighted by molar-refractivity contribution is 5.60. The van der Waals surface area contributed by atoms with Gasteiger partial charge in [-0.2, -0.15) is 0 Å². The van der Waals surface area contributed by atoms with E-state index in [0.717, 1.165) is 6.29 Å². The molecular weight excluding hydrogens is 116 g/mol. The summed E-state index contributed by atoms with van der Waals surface area (Å²) in [7, 11) is 0. The smallest absolute Gasteiger partial charge is 0.140 e. The summed E-state index contributed by atoms with van der Waals surface area (Å²) < 4.78 is 0. The first-order chi connectivity index (χ1) is 4.35. The molecule has 0 saturated heterocycles. The third kappa shape index (κ3) is 3.67. The molecule has 0 saturated carbocycles. The topological polar surface area (TPSA) is 29.1 Å². The van der Waals surface area contributed by atoms with E-state index in [4.69, 9.17) is 0 Å². The van der Waals surface area contributed by atoms with Gasteiger partial charge in [-0.25, -0.2) is 0 Å². The number of hydrogen-bond acceptors (Lipinski definition) is 2. The monoisotopic (exact) mass is 127 g/mol. The van der Waals surface area contributed by atoms with Crippen LogP contribution in [-0.4, -0.2) is 18.9 Å². The van der Waals surface area contributed by atoms with Crippen LogP contribution < -0.4 is 5.32 Å². The number of hydrogen-bond donors (Lipinski definition) is 1. The lowest BCUT2D eigenvalue weighted by molar-refractivity contribution is -0.108. The number of carbonyl (C=O) groups is 1. The van der Waals surface area contributed by atoms with E-state index >= 15 is 0 Å². The van der Waals surface area contributed by atoms with Crippen molar-refractivity contribution in [2.75, 3.05) is 6.54 Å². The Bertz CT molecular complexity index is 101. The molecule has 2 heteroatoms. The standard InChI is InChI=1S/C7H11NO/c1-3-5-8-7(4-2)6-9/h3-4,6-8H,1-2,5H2/i5+2. The van der Waals surface area contributed by atoms with Crippen LogP contribution in [0.5, 0.6) is 0 Å². The molecule has 0 heterocycles. The Labute approximate surface area is 55.3 Å². The first-order valence-corrected chi connectivity index (χ1v) is 2.77. The normalized spacial score (nSPS) is 12.0. The maximum atomic E-state index is 10.1. The third-order valence-corrected chi connectivity index (χ3v) is 0.898. The molecule has 0 amide bonds. The molecule has 0 rings (SSSR count). The van der Waals surface area contributed by atoms with Gasteiger partial charge in [0.25, 0.3) is 0 Å². The Morgan fingerprint density at radius 1 is 1.56 bits per heavy atom. The summed E-state index contributed by atoms with van der Waals surface area (Å²) in [6.45, 7) is 7.58. The fourth-order valence-electron chi connectivity index (χ4n) is 0.406. The Kier molecular flexibility index (Phi) is 4.73. The lowest BCUT2D eigenvalue weighted by atomic mass is 10.3. The first kappa shape index (κ1) is 8.11. The fraction of sp³-hybridized carbons (Fsp3) is 0.286. The molecule has 50 valence electrons. The van der Waals surface area contributed by atoms with Crippen LogP contribution in [0.1, 0.15) is 0 Å². The van der Waals surface area contributed by atoms with Gasteiger partial charge in [0.1, 0.15) is 6.29 Å². The Balaban J connectivity index is 3.41. The average Bonchev–Trinajstić information content (AvgIpc) is 1.91. The van der Waals surface area contributed by atoms with Crippen molar-refractivity contribution in [2.45, 2.75) is 6.04 Å². The van der Waals surface area contributed by atoms with Crippen molar-refractivity contribution in [1.29, 1.82) is 0 Å². The van der Waals surface area contributed by atoms with E-state index < -0.39 is 0 Å². The molecule has 0 fully saturated rings. The first-order valence-electron chi connectivity index (χ1n) is 2.77. The molecular formula is C7H11NO. The van der Waals surface area contributed by atoms with Gasteiger partial charge in [-0.05, 0) is 0 Å². The molecule has 9 heavy (non-hydrogen) atoms. The van der Waals surface area contributed by atoms with E-state index in [1.807, 2.05) is 0 Å². The van der Waals surface area contributed by atoms with Gasteiger partial charge in [0.15, 0.2) is 0 Å². The van der Waals surface area contributed by atoms with Crippen molar-refractivity contribution in [2.24, 2.45) is 0 Å². The number of rotatable bonds is 5. The van der Waals surface area contributed by atoms with Crippen LogP contribution in [0.4, 0.5) is 0 Å². The van der Waals surface area contributed by atoms with E-state index in [9.17, 15) is 4.79 Å². The minimum atomic E-state index is -0.233. The number of aldehydes is 1. The quantitative estimate of drug-likeness (QED) is 0.431. The summed E-state index contributed by atoms with van der Waals surface area (Å²) in [4.78, 5) is 10.1. The number of carbonyl (C=O) groups excluding carboxylic acids is 1. The highest BCUT2D eigenvalue weighted by Crippen LogP contribution is 1.76. The Hall–Kier alpha value is -0.890. The van der Waals surface area contributed by atoms with Gasteiger partial charge in [0.05, 0.1) is 6.04 Å². The van der Waals surface area contributed by atoms with Gasteiger partial charge >= 0.3 is 0 Å². The Morgan fingerprint density at radius 2 is 2.22 bits per heavy atom. The zero-order chi connectivity index (χ0) is 7.11. The second-order valence-corrected chi connectivity index (χ2v) is 1.59. The highest BCUT2D eigenvalue weighted by Gasteiger charge is 1.95. The molecule has 1 atom stereocenters. The van der Waals surface area contributed by atoms with E-state index in [-0.39, 0.29) is 6.04 Å². The van der Waals surface area contributed by atoms with Gasteiger partial charge in [-0.15, -0.1) is 13.2 Å². The average molecular weight is 127 g/mol.